The van der Waals surface area contributed by atoms with E-state index >= 15 is 0 Å². The normalized spacial score (nSPS) is 31.3. The van der Waals surface area contributed by atoms with Gasteiger partial charge in [-0.2, -0.15) is 0 Å². The molecule has 2 aromatic rings. The van der Waals surface area contributed by atoms with Gasteiger partial charge in [-0.1, -0.05) is 0 Å². The van der Waals surface area contributed by atoms with Gasteiger partial charge in [0.25, 0.3) is 0 Å². The zero-order chi connectivity index (χ0) is 33.8. The predicted molar refractivity (Wildman–Crippen MR) is 179 cm³/mol. The van der Waals surface area contributed by atoms with Gasteiger partial charge in [-0.15, -0.1) is 0 Å². The summed E-state index contributed by atoms with van der Waals surface area (Å²) in [5.41, 5.74) is 7.32. The minimum atomic E-state index is -0.567. The van der Waals surface area contributed by atoms with E-state index in [1.54, 1.807) is 38.5 Å². The number of methoxy groups -OCH3 is 2. The maximum atomic E-state index is 14.2. The number of hydrogen-bond donors (Lipinski definition) is 2. The molecule has 4 fully saturated rings. The molecule has 4 aliphatic rings. The molecule has 3 N–H and O–H groups in total. The molecule has 1 aromatic carbocycles. The Labute approximate surface area is 282 Å². The van der Waals surface area contributed by atoms with Gasteiger partial charge < -0.3 is 34.6 Å². The molecule has 3 atom stereocenters. The van der Waals surface area contributed by atoms with Gasteiger partial charge >= 0.3 is 5.97 Å². The van der Waals surface area contributed by atoms with Gasteiger partial charge in [0.15, 0.2) is 0 Å². The van der Waals surface area contributed by atoms with E-state index in [4.69, 9.17) is 24.4 Å². The first-order chi connectivity index (χ1) is 23.3. The highest BCUT2D eigenvalue weighted by molar-refractivity contribution is 6.00. The molecule has 0 radical (unpaired) electrons. The fraction of sp³-hybridized carbons (Fsp3) is 0.703. The average Bonchev–Trinajstić information content (AvgIpc) is 3.72. The summed E-state index contributed by atoms with van der Waals surface area (Å²) in [5.74, 6) is 0.259. The Balaban J connectivity index is 1.13. The molecule has 1 aliphatic heterocycles. The number of hydrogen-bond acceptors (Lipinski definition) is 8. The van der Waals surface area contributed by atoms with Crippen molar-refractivity contribution in [3.63, 3.8) is 0 Å². The number of esters is 1. The van der Waals surface area contributed by atoms with Gasteiger partial charge in [0.1, 0.15) is 11.6 Å². The molecule has 1 saturated heterocycles. The van der Waals surface area contributed by atoms with Crippen molar-refractivity contribution in [2.45, 2.75) is 101 Å². The van der Waals surface area contributed by atoms with Crippen LogP contribution in [-0.4, -0.2) is 81.0 Å². The number of furan rings is 1. The van der Waals surface area contributed by atoms with E-state index < -0.39 is 18.7 Å². The standard InChI is InChI=1S/C37H52FN3O7/c1-45-28-10-7-23(8-11-28)30-14-16-41(36(43)25-5-3-24(4-6-25)31(39)13-15-38)34(30)35(42)40-27-9-12-32-26(19-27)20-33(48-32)37(44)47-21-22-17-29(18-22)46-2/h9,12,19-20,22-25,28-31,34H,3-8,10-11,13-18,21,39H2,1-2H3,(H,40,42)/t22?,23?,24?,25?,28?,29?,30-,31+,34-/m0/s1. The van der Waals surface area contributed by atoms with Gasteiger partial charge in [0.2, 0.25) is 17.6 Å². The molecule has 11 heteroatoms. The lowest BCUT2D eigenvalue weighted by atomic mass is 9.75. The summed E-state index contributed by atoms with van der Waals surface area (Å²) in [6.45, 7) is 0.471. The Morgan fingerprint density at radius 1 is 0.979 bits per heavy atom. The molecule has 3 saturated carbocycles. The number of anilines is 1. The van der Waals surface area contributed by atoms with E-state index in [-0.39, 0.29) is 53.6 Å². The minimum absolute atomic E-state index is 0.0498. The van der Waals surface area contributed by atoms with E-state index in [1.807, 2.05) is 4.90 Å². The number of ether oxygens (including phenoxy) is 3. The van der Waals surface area contributed by atoms with Crippen molar-refractivity contribution in [1.82, 2.24) is 4.90 Å². The third-order valence-corrected chi connectivity index (χ3v) is 11.8. The fourth-order valence-electron chi connectivity index (χ4n) is 8.74. The SMILES string of the molecule is COC1CCC([C@@H]2CCN(C(=O)C3CCC([C@H](N)CCF)CC3)[C@@H]2C(=O)Nc2ccc3oc(C(=O)OCC4CC(OC)C4)cc3c2)CC1. The van der Waals surface area contributed by atoms with Crippen LogP contribution in [0.4, 0.5) is 10.1 Å². The Hall–Kier alpha value is -3.02. The summed E-state index contributed by atoms with van der Waals surface area (Å²) in [4.78, 5) is 42.8. The fourth-order valence-corrected chi connectivity index (χ4v) is 8.74. The second-order valence-electron chi connectivity index (χ2n) is 14.6. The molecular weight excluding hydrogens is 617 g/mol. The molecule has 3 aliphatic carbocycles. The lowest BCUT2D eigenvalue weighted by Crippen LogP contribution is -2.50. The van der Waals surface area contributed by atoms with Crippen molar-refractivity contribution in [1.29, 1.82) is 0 Å². The monoisotopic (exact) mass is 669 g/mol. The van der Waals surface area contributed by atoms with Crippen LogP contribution < -0.4 is 11.1 Å². The Morgan fingerprint density at radius 2 is 1.71 bits per heavy atom. The molecule has 2 amide bonds. The average molecular weight is 670 g/mol. The summed E-state index contributed by atoms with van der Waals surface area (Å²) < 4.78 is 35.1. The number of benzene rings is 1. The molecule has 0 spiro atoms. The van der Waals surface area contributed by atoms with Crippen molar-refractivity contribution in [3.8, 4) is 0 Å². The highest BCUT2D eigenvalue weighted by Crippen LogP contribution is 2.42. The molecule has 2 heterocycles. The third-order valence-electron chi connectivity index (χ3n) is 11.8. The highest BCUT2D eigenvalue weighted by Gasteiger charge is 2.47. The zero-order valence-electron chi connectivity index (χ0n) is 28.4. The quantitative estimate of drug-likeness (QED) is 0.268. The van der Waals surface area contributed by atoms with Crippen LogP contribution in [0, 0.1) is 29.6 Å². The smallest absolute Gasteiger partial charge is 0.374 e. The number of nitrogens with zero attached hydrogens (tertiary/aromatic N) is 1. The minimum Gasteiger partial charge on any atom is -0.460 e. The summed E-state index contributed by atoms with van der Waals surface area (Å²) >= 11 is 0. The lowest BCUT2D eigenvalue weighted by Gasteiger charge is -2.37. The van der Waals surface area contributed by atoms with Crippen LogP contribution in [0.5, 0.6) is 0 Å². The molecule has 1 aromatic heterocycles. The first-order valence-corrected chi connectivity index (χ1v) is 18.0. The second-order valence-corrected chi connectivity index (χ2v) is 14.6. The number of alkyl halides is 1. The number of rotatable bonds is 12. The molecule has 0 bridgehead atoms. The lowest BCUT2D eigenvalue weighted by molar-refractivity contribution is -0.142. The number of likely N-dealkylation sites (tertiary alicyclic amines) is 1. The number of nitrogens with one attached hydrogen (secondary N) is 1. The third kappa shape index (κ3) is 7.73. The van der Waals surface area contributed by atoms with Crippen LogP contribution in [0.1, 0.15) is 87.6 Å². The van der Waals surface area contributed by atoms with E-state index in [0.717, 1.165) is 57.8 Å². The predicted octanol–water partition coefficient (Wildman–Crippen LogP) is 5.87. The van der Waals surface area contributed by atoms with Crippen molar-refractivity contribution >= 4 is 34.4 Å². The van der Waals surface area contributed by atoms with Gasteiger partial charge in [-0.25, -0.2) is 4.79 Å². The van der Waals surface area contributed by atoms with Crippen LogP contribution in [0.3, 0.4) is 0 Å². The van der Waals surface area contributed by atoms with Crippen LogP contribution in [-0.2, 0) is 23.8 Å². The van der Waals surface area contributed by atoms with Crippen LogP contribution in [0.2, 0.25) is 0 Å². The maximum Gasteiger partial charge on any atom is 0.374 e. The maximum absolute atomic E-state index is 14.2. The van der Waals surface area contributed by atoms with Crippen LogP contribution in [0.15, 0.2) is 28.7 Å². The Morgan fingerprint density at radius 3 is 2.40 bits per heavy atom. The van der Waals surface area contributed by atoms with Crippen LogP contribution in [0.25, 0.3) is 11.0 Å². The highest BCUT2D eigenvalue weighted by atomic mass is 19.1. The number of carbonyl (C=O) groups is 3. The number of halogens is 1. The summed E-state index contributed by atoms with van der Waals surface area (Å²) in [6, 6.07) is 6.20. The molecule has 6 rings (SSSR count). The Kier molecular flexibility index (Phi) is 11.4. The number of carbonyl (C=O) groups excluding carboxylic acids is 3. The summed E-state index contributed by atoms with van der Waals surface area (Å²) in [7, 11) is 3.45. The van der Waals surface area contributed by atoms with Gasteiger partial charge in [-0.05, 0) is 125 Å². The van der Waals surface area contributed by atoms with Gasteiger partial charge in [0.05, 0.1) is 25.5 Å². The van der Waals surface area contributed by atoms with Crippen molar-refractivity contribution in [2.75, 3.05) is 39.4 Å². The summed E-state index contributed by atoms with van der Waals surface area (Å²) in [6.07, 6.45) is 10.3. The summed E-state index contributed by atoms with van der Waals surface area (Å²) in [5, 5.41) is 3.79. The molecule has 0 unspecified atom stereocenters. The first-order valence-electron chi connectivity index (χ1n) is 18.0. The number of nitrogens with two attached hydrogens (primary N) is 1. The van der Waals surface area contributed by atoms with Crippen molar-refractivity contribution < 1.29 is 37.4 Å². The molecule has 48 heavy (non-hydrogen) atoms. The van der Waals surface area contributed by atoms with Gasteiger partial charge in [0, 0.05) is 43.8 Å². The van der Waals surface area contributed by atoms with Gasteiger partial charge in [-0.3, -0.25) is 14.0 Å². The molecule has 10 nitrogen and oxygen atoms in total. The van der Waals surface area contributed by atoms with E-state index in [0.29, 0.717) is 60.9 Å². The zero-order valence-corrected chi connectivity index (χ0v) is 28.4. The molecule has 264 valence electrons. The number of fused-ring (bicyclic) bond motifs is 1. The van der Waals surface area contributed by atoms with E-state index in [1.165, 1.54) is 0 Å². The first kappa shape index (κ1) is 34.8. The van der Waals surface area contributed by atoms with Crippen LogP contribution >= 0.6 is 0 Å². The van der Waals surface area contributed by atoms with E-state index in [2.05, 4.69) is 5.32 Å². The molecular formula is C37H52FN3O7. The second kappa shape index (κ2) is 15.7. The largest absolute Gasteiger partial charge is 0.460 e. The van der Waals surface area contributed by atoms with Crippen molar-refractivity contribution in [3.05, 3.63) is 30.0 Å². The topological polar surface area (TPSA) is 133 Å². The number of amides is 2. The van der Waals surface area contributed by atoms with E-state index in [9.17, 15) is 18.8 Å². The van der Waals surface area contributed by atoms with Crippen molar-refractivity contribution in [2.24, 2.45) is 35.3 Å². The Bertz CT molecular complexity index is 1410.